The molecule has 13 heavy (non-hydrogen) atoms. The molecule has 1 aromatic rings. The third kappa shape index (κ3) is 1.01. The average molecular weight is 181 g/mol. The van der Waals surface area contributed by atoms with Gasteiger partial charge in [-0.15, -0.1) is 0 Å². The van der Waals surface area contributed by atoms with Crippen LogP contribution >= 0.6 is 0 Å². The highest BCUT2D eigenvalue weighted by atomic mass is 16.4. The Kier molecular flexibility index (Phi) is 1.59. The van der Waals surface area contributed by atoms with Gasteiger partial charge in [-0.1, -0.05) is 5.16 Å². The lowest BCUT2D eigenvalue weighted by molar-refractivity contribution is 0.156. The Morgan fingerprint density at radius 2 is 2.38 bits per heavy atom. The van der Waals surface area contributed by atoms with Crippen LogP contribution in [0.5, 0.6) is 0 Å². The van der Waals surface area contributed by atoms with E-state index in [9.17, 15) is 5.11 Å². The summed E-state index contributed by atoms with van der Waals surface area (Å²) >= 11 is 0. The van der Waals surface area contributed by atoms with Gasteiger partial charge in [-0.3, -0.25) is 0 Å². The number of aromatic nitrogens is 3. The number of aliphatic hydroxyl groups is 1. The first-order chi connectivity index (χ1) is 6.24. The normalized spacial score (nSPS) is 24.3. The molecule has 1 unspecified atom stereocenters. The minimum Gasteiger partial charge on any atom is -0.410 e. The van der Waals surface area contributed by atoms with E-state index in [2.05, 4.69) is 20.2 Å². The summed E-state index contributed by atoms with van der Waals surface area (Å²) in [6.07, 6.45) is 0.162. The zero-order valence-electron chi connectivity index (χ0n) is 6.79. The van der Waals surface area contributed by atoms with Crippen molar-refractivity contribution in [2.45, 2.75) is 13.2 Å². The molecule has 68 valence electrons. The lowest BCUT2D eigenvalue weighted by atomic mass is 10.2. The summed E-state index contributed by atoms with van der Waals surface area (Å²) in [4.78, 5) is 7.76. The molecule has 0 radical (unpaired) electrons. The van der Waals surface area contributed by atoms with Crippen LogP contribution in [0.1, 0.15) is 13.2 Å². The number of oxime groups is 1. The number of rotatable bonds is 0. The second-order valence-corrected chi connectivity index (χ2v) is 2.56. The van der Waals surface area contributed by atoms with E-state index in [4.69, 9.17) is 5.21 Å². The smallest absolute Gasteiger partial charge is 0.250 e. The molecule has 1 aliphatic rings. The van der Waals surface area contributed by atoms with Crippen LogP contribution in [0.3, 0.4) is 0 Å². The molecule has 0 bridgehead atoms. The molecule has 1 aliphatic heterocycles. The highest BCUT2D eigenvalue weighted by Crippen LogP contribution is 2.19. The maximum Gasteiger partial charge on any atom is 0.250 e. The number of hydrogen-bond donors (Lipinski definition) is 2. The fourth-order valence-corrected chi connectivity index (χ4v) is 1.13. The topological polar surface area (TPSA) is 95.9 Å². The van der Waals surface area contributed by atoms with Gasteiger partial charge in [0.1, 0.15) is 6.33 Å². The lowest BCUT2D eigenvalue weighted by Gasteiger charge is -2.17. The molecule has 0 spiro atoms. The maximum absolute atomic E-state index is 9.57. The molecule has 7 nitrogen and oxygen atoms in total. The van der Waals surface area contributed by atoms with E-state index < -0.39 is 6.23 Å². The van der Waals surface area contributed by atoms with Crippen LogP contribution in [-0.4, -0.2) is 36.5 Å². The van der Waals surface area contributed by atoms with Crippen LogP contribution in [0.15, 0.2) is 16.5 Å². The molecule has 2 rings (SSSR count). The molecular weight excluding hydrogens is 174 g/mol. The molecule has 0 aliphatic carbocycles. The third-order valence-electron chi connectivity index (χ3n) is 1.78. The van der Waals surface area contributed by atoms with Crippen LogP contribution in [0.4, 0.5) is 5.95 Å². The van der Waals surface area contributed by atoms with E-state index in [1.54, 1.807) is 6.92 Å². The standard InChI is InChI=1S/C6H7N5O2/c1-3-4(10-13)5(12)11-6(9-3)7-2-8-11/h2,5,12-13H,1H3/b10-4+. The molecule has 1 aromatic heterocycles. The highest BCUT2D eigenvalue weighted by Gasteiger charge is 2.26. The van der Waals surface area contributed by atoms with Crippen LogP contribution < -0.4 is 0 Å². The molecule has 0 saturated heterocycles. The Morgan fingerprint density at radius 3 is 3.08 bits per heavy atom. The van der Waals surface area contributed by atoms with E-state index >= 15 is 0 Å². The van der Waals surface area contributed by atoms with E-state index in [0.29, 0.717) is 11.7 Å². The Morgan fingerprint density at radius 1 is 1.62 bits per heavy atom. The predicted molar refractivity (Wildman–Crippen MR) is 43.3 cm³/mol. The van der Waals surface area contributed by atoms with Crippen molar-refractivity contribution in [3.05, 3.63) is 6.33 Å². The van der Waals surface area contributed by atoms with Gasteiger partial charge in [0.2, 0.25) is 0 Å². The van der Waals surface area contributed by atoms with Crippen LogP contribution in [0.25, 0.3) is 0 Å². The monoisotopic (exact) mass is 181 g/mol. The zero-order valence-corrected chi connectivity index (χ0v) is 6.79. The second-order valence-electron chi connectivity index (χ2n) is 2.56. The van der Waals surface area contributed by atoms with Crippen molar-refractivity contribution < 1.29 is 10.3 Å². The van der Waals surface area contributed by atoms with Crippen molar-refractivity contribution in [3.63, 3.8) is 0 Å². The maximum atomic E-state index is 9.57. The molecule has 0 saturated carbocycles. The summed E-state index contributed by atoms with van der Waals surface area (Å²) in [6, 6.07) is 0. The first-order valence-electron chi connectivity index (χ1n) is 3.59. The molecular formula is C6H7N5O2. The van der Waals surface area contributed by atoms with Gasteiger partial charge in [-0.25, -0.2) is 4.99 Å². The third-order valence-corrected chi connectivity index (χ3v) is 1.78. The molecule has 0 amide bonds. The number of fused-ring (bicyclic) bond motifs is 1. The highest BCUT2D eigenvalue weighted by molar-refractivity contribution is 6.43. The summed E-state index contributed by atoms with van der Waals surface area (Å²) in [5, 5.41) is 24.8. The first kappa shape index (κ1) is 7.87. The van der Waals surface area contributed by atoms with E-state index in [-0.39, 0.29) is 5.71 Å². The van der Waals surface area contributed by atoms with E-state index in [1.807, 2.05) is 0 Å². The van der Waals surface area contributed by atoms with Gasteiger partial charge in [0.25, 0.3) is 5.95 Å². The van der Waals surface area contributed by atoms with Crippen LogP contribution in [0, 0.1) is 0 Å². The largest absolute Gasteiger partial charge is 0.410 e. The molecule has 0 fully saturated rings. The Bertz CT molecular complexity index is 393. The summed E-state index contributed by atoms with van der Waals surface area (Å²) < 4.78 is 1.17. The van der Waals surface area contributed by atoms with Crippen molar-refractivity contribution >= 4 is 17.4 Å². The minimum atomic E-state index is -1.11. The van der Waals surface area contributed by atoms with Crippen molar-refractivity contribution in [2.24, 2.45) is 10.1 Å². The van der Waals surface area contributed by atoms with Gasteiger partial charge in [-0.2, -0.15) is 14.8 Å². The summed E-state index contributed by atoms with van der Waals surface area (Å²) in [5.74, 6) is 0.303. The van der Waals surface area contributed by atoms with Gasteiger partial charge in [0, 0.05) is 0 Å². The van der Waals surface area contributed by atoms with E-state index in [0.717, 1.165) is 0 Å². The SMILES string of the molecule is CC1=Nc2ncnn2C(O)/C1=N/O. The Balaban J connectivity index is 2.58. The van der Waals surface area contributed by atoms with Crippen molar-refractivity contribution in [1.82, 2.24) is 14.8 Å². The van der Waals surface area contributed by atoms with Crippen molar-refractivity contribution in [1.29, 1.82) is 0 Å². The molecule has 7 heteroatoms. The Hall–Kier alpha value is -1.76. The average Bonchev–Trinajstić information content (AvgIpc) is 2.53. The van der Waals surface area contributed by atoms with Crippen LogP contribution in [-0.2, 0) is 0 Å². The van der Waals surface area contributed by atoms with Crippen molar-refractivity contribution in [3.8, 4) is 0 Å². The van der Waals surface area contributed by atoms with Crippen LogP contribution in [0.2, 0.25) is 0 Å². The number of aliphatic hydroxyl groups excluding tert-OH is 1. The Labute approximate surface area is 73.0 Å². The molecule has 1 atom stereocenters. The lowest BCUT2D eigenvalue weighted by Crippen LogP contribution is -2.29. The summed E-state index contributed by atoms with van der Waals surface area (Å²) in [5.41, 5.74) is 0.508. The molecule has 2 heterocycles. The fraction of sp³-hybridized carbons (Fsp3) is 0.333. The number of nitrogens with zero attached hydrogens (tertiary/aromatic N) is 5. The predicted octanol–water partition coefficient (Wildman–Crippen LogP) is -0.295. The zero-order chi connectivity index (χ0) is 9.42. The fourth-order valence-electron chi connectivity index (χ4n) is 1.13. The van der Waals surface area contributed by atoms with Gasteiger partial charge in [-0.05, 0) is 6.92 Å². The van der Waals surface area contributed by atoms with Gasteiger partial charge in [0.05, 0.1) is 5.71 Å². The van der Waals surface area contributed by atoms with E-state index in [1.165, 1.54) is 11.0 Å². The van der Waals surface area contributed by atoms with Gasteiger partial charge in [0.15, 0.2) is 11.9 Å². The summed E-state index contributed by atoms with van der Waals surface area (Å²) in [7, 11) is 0. The second kappa shape index (κ2) is 2.63. The summed E-state index contributed by atoms with van der Waals surface area (Å²) in [6.45, 7) is 1.62. The quantitative estimate of drug-likeness (QED) is 0.424. The minimum absolute atomic E-state index is 0.0815. The van der Waals surface area contributed by atoms with Gasteiger partial charge < -0.3 is 10.3 Å². The molecule has 0 aromatic carbocycles. The first-order valence-corrected chi connectivity index (χ1v) is 3.59. The van der Waals surface area contributed by atoms with Gasteiger partial charge >= 0.3 is 0 Å². The molecule has 2 N–H and O–H groups in total. The van der Waals surface area contributed by atoms with Crippen molar-refractivity contribution in [2.75, 3.05) is 0 Å². The number of hydrogen-bond acceptors (Lipinski definition) is 6. The number of aliphatic imine (C=N–C) groups is 1.